The predicted molar refractivity (Wildman–Crippen MR) is 231 cm³/mol. The highest BCUT2D eigenvalue weighted by atomic mass is 35.5. The highest BCUT2D eigenvalue weighted by Crippen LogP contribution is 2.42. The Balaban J connectivity index is 1.44. The number of unbranched alkanes of at least 4 members (excludes halogenated alkanes) is 5. The maximum absolute atomic E-state index is 14.9. The molecule has 0 aliphatic rings. The molecule has 0 bridgehead atoms. The largest absolute Gasteiger partial charge is 0.505 e. The maximum Gasteiger partial charge on any atom is 0.314 e. The normalized spacial score (nSPS) is 13.1. The van der Waals surface area contributed by atoms with Crippen LogP contribution in [0.5, 0.6) is 11.5 Å². The van der Waals surface area contributed by atoms with Crippen LogP contribution >= 0.6 is 11.6 Å². The zero-order valence-corrected chi connectivity index (χ0v) is 36.2. The number of hydrogen-bond donors (Lipinski definition) is 1. The third-order valence-electron chi connectivity index (χ3n) is 10.7. The molecule has 0 saturated carbocycles. The Morgan fingerprint density at radius 2 is 1.26 bits per heavy atom. The lowest BCUT2D eigenvalue weighted by Gasteiger charge is -2.29. The minimum absolute atomic E-state index is 0.102. The Bertz CT molecular complexity index is 2340. The second-order valence-corrected chi connectivity index (χ2v) is 19.0. The molecule has 0 fully saturated rings. The monoisotopic (exact) mass is 790 g/mol. The first kappa shape index (κ1) is 41.9. The number of nitrogens with zero attached hydrogens (tertiary/aromatic N) is 6. The summed E-state index contributed by atoms with van der Waals surface area (Å²) < 4.78 is 6.71. The first-order chi connectivity index (χ1) is 26.8. The molecule has 0 aliphatic carbocycles. The number of ether oxygens (including phenoxy) is 1. The van der Waals surface area contributed by atoms with E-state index in [9.17, 15) is 9.90 Å². The zero-order chi connectivity index (χ0) is 41.3. The van der Waals surface area contributed by atoms with Gasteiger partial charge in [0.2, 0.25) is 0 Å². The van der Waals surface area contributed by atoms with Crippen molar-refractivity contribution in [2.24, 2.45) is 5.92 Å². The molecular weight excluding hydrogens is 732 g/mol. The van der Waals surface area contributed by atoms with Gasteiger partial charge in [-0.05, 0) is 82.7 Å². The van der Waals surface area contributed by atoms with Gasteiger partial charge in [0.05, 0.1) is 5.92 Å². The van der Waals surface area contributed by atoms with Crippen LogP contribution in [-0.4, -0.2) is 41.1 Å². The molecule has 10 heteroatoms. The number of benzene rings is 4. The van der Waals surface area contributed by atoms with Crippen LogP contribution in [0.3, 0.4) is 0 Å². The summed E-state index contributed by atoms with van der Waals surface area (Å²) in [5, 5.41) is 31.4. The van der Waals surface area contributed by atoms with E-state index in [1.807, 2.05) is 42.5 Å². The Morgan fingerprint density at radius 1 is 0.684 bits per heavy atom. The smallest absolute Gasteiger partial charge is 0.314 e. The average molecular weight is 791 g/mol. The molecule has 0 aliphatic heterocycles. The molecule has 1 atom stereocenters. The molecule has 9 nitrogen and oxygen atoms in total. The van der Waals surface area contributed by atoms with E-state index < -0.39 is 11.3 Å². The summed E-state index contributed by atoms with van der Waals surface area (Å²) in [5.74, 6) is -0.204. The van der Waals surface area contributed by atoms with Gasteiger partial charge in [0.1, 0.15) is 39.2 Å². The van der Waals surface area contributed by atoms with Gasteiger partial charge >= 0.3 is 5.97 Å². The van der Waals surface area contributed by atoms with Crippen LogP contribution < -0.4 is 4.74 Å². The van der Waals surface area contributed by atoms with Crippen LogP contribution in [0, 0.1) is 5.92 Å². The molecule has 302 valence electrons. The molecule has 6 aromatic rings. The van der Waals surface area contributed by atoms with Crippen molar-refractivity contribution >= 4 is 39.6 Å². The van der Waals surface area contributed by atoms with Crippen molar-refractivity contribution < 1.29 is 14.6 Å². The summed E-state index contributed by atoms with van der Waals surface area (Å²) in [7, 11) is 0. The van der Waals surface area contributed by atoms with Crippen LogP contribution in [0.2, 0.25) is 5.02 Å². The van der Waals surface area contributed by atoms with Gasteiger partial charge in [-0.1, -0.05) is 144 Å². The zero-order valence-electron chi connectivity index (χ0n) is 35.4. The number of hydrogen-bond acceptors (Lipinski definition) is 7. The van der Waals surface area contributed by atoms with E-state index in [2.05, 4.69) is 81.4 Å². The van der Waals surface area contributed by atoms with Gasteiger partial charge in [-0.15, -0.1) is 30.0 Å². The molecule has 0 saturated heterocycles. The van der Waals surface area contributed by atoms with E-state index in [1.54, 1.807) is 16.9 Å². The van der Waals surface area contributed by atoms with E-state index in [1.165, 1.54) is 24.1 Å². The van der Waals surface area contributed by atoms with E-state index >= 15 is 0 Å². The summed E-state index contributed by atoms with van der Waals surface area (Å²) in [4.78, 5) is 18.0. The molecule has 1 N–H and O–H groups in total. The Labute approximate surface area is 342 Å². The van der Waals surface area contributed by atoms with Gasteiger partial charge < -0.3 is 9.84 Å². The van der Waals surface area contributed by atoms with Crippen molar-refractivity contribution in [2.75, 3.05) is 0 Å². The third-order valence-corrected chi connectivity index (χ3v) is 10.9. The van der Waals surface area contributed by atoms with Crippen molar-refractivity contribution in [1.29, 1.82) is 0 Å². The lowest BCUT2D eigenvalue weighted by molar-refractivity contribution is -0.139. The van der Waals surface area contributed by atoms with Gasteiger partial charge in [-0.3, -0.25) is 4.79 Å². The molecule has 1 unspecified atom stereocenters. The van der Waals surface area contributed by atoms with Crippen LogP contribution in [0.4, 0.5) is 0 Å². The minimum Gasteiger partial charge on any atom is -0.505 e. The molecule has 0 radical (unpaired) electrons. The predicted octanol–water partition coefficient (Wildman–Crippen LogP) is 11.9. The van der Waals surface area contributed by atoms with Crippen LogP contribution in [-0.2, 0) is 27.5 Å². The molecule has 0 amide bonds. The first-order valence-corrected chi connectivity index (χ1v) is 20.8. The Hall–Kier alpha value is -4.76. The minimum atomic E-state index is -0.475. The standard InChI is InChI=1S/C47H59ClN6O3/c1-11-12-13-14-15-16-19-31(24-30-25-34(46(5,6)7)42(55)40(26-30)53-51-38-23-22-33(48)29-39(38)52-53)44(56)57-43-35(47(8,9)10)27-32(45(2,3)4)28-41(43)54-49-36-20-17-18-21-37(36)50-54/h17-18,20-23,25-29,31,55H,11-16,19,24H2,1-10H3. The number of aromatic hydroxyl groups is 1. The summed E-state index contributed by atoms with van der Waals surface area (Å²) in [6.45, 7) is 21.4. The number of carbonyl (C=O) groups excluding carboxylic acids is 1. The number of phenolic OH excluding ortho intramolecular Hbond substituents is 1. The quantitative estimate of drug-likeness (QED) is 0.0705. The Kier molecular flexibility index (Phi) is 12.2. The van der Waals surface area contributed by atoms with Gasteiger partial charge in [0.15, 0.2) is 5.75 Å². The Morgan fingerprint density at radius 3 is 1.88 bits per heavy atom. The first-order valence-electron chi connectivity index (χ1n) is 20.5. The van der Waals surface area contributed by atoms with Gasteiger partial charge in [-0.25, -0.2) is 0 Å². The van der Waals surface area contributed by atoms with Crippen LogP contribution in [0.15, 0.2) is 66.7 Å². The van der Waals surface area contributed by atoms with Crippen molar-refractivity contribution in [3.8, 4) is 22.9 Å². The summed E-state index contributed by atoms with van der Waals surface area (Å²) >= 11 is 6.28. The van der Waals surface area contributed by atoms with Crippen LogP contribution in [0.1, 0.15) is 136 Å². The van der Waals surface area contributed by atoms with E-state index in [0.29, 0.717) is 46.0 Å². The molecule has 0 spiro atoms. The van der Waals surface area contributed by atoms with E-state index in [4.69, 9.17) is 36.7 Å². The third kappa shape index (κ3) is 9.69. The lowest BCUT2D eigenvalue weighted by atomic mass is 9.79. The number of halogens is 1. The van der Waals surface area contributed by atoms with Crippen LogP contribution in [0.25, 0.3) is 33.4 Å². The number of rotatable bonds is 13. The summed E-state index contributed by atoms with van der Waals surface area (Å²) in [6, 6.07) is 21.3. The number of phenols is 1. The van der Waals surface area contributed by atoms with Crippen molar-refractivity contribution in [3.05, 3.63) is 94.0 Å². The second-order valence-electron chi connectivity index (χ2n) is 18.6. The van der Waals surface area contributed by atoms with E-state index in [-0.39, 0.29) is 22.5 Å². The highest BCUT2D eigenvalue weighted by molar-refractivity contribution is 6.31. The lowest BCUT2D eigenvalue weighted by Crippen LogP contribution is -2.27. The summed E-state index contributed by atoms with van der Waals surface area (Å²) in [5.41, 5.74) is 6.56. The number of esters is 1. The molecule has 4 aromatic carbocycles. The molecule has 2 aromatic heterocycles. The summed E-state index contributed by atoms with van der Waals surface area (Å²) in [6.07, 6.45) is 7.67. The van der Waals surface area contributed by atoms with E-state index in [0.717, 1.165) is 52.5 Å². The fourth-order valence-corrected chi connectivity index (χ4v) is 7.45. The fraction of sp³-hybridized carbons (Fsp3) is 0.468. The van der Waals surface area contributed by atoms with Crippen molar-refractivity contribution in [1.82, 2.24) is 30.0 Å². The number of carbonyl (C=O) groups is 1. The fourth-order valence-electron chi connectivity index (χ4n) is 7.28. The van der Waals surface area contributed by atoms with Crippen molar-refractivity contribution in [3.63, 3.8) is 0 Å². The van der Waals surface area contributed by atoms with Crippen molar-refractivity contribution in [2.45, 2.75) is 137 Å². The topological polar surface area (TPSA) is 108 Å². The molecular formula is C47H59ClN6O3. The number of aromatic nitrogens is 6. The van der Waals surface area contributed by atoms with Gasteiger partial charge in [0, 0.05) is 16.1 Å². The maximum atomic E-state index is 14.9. The van der Waals surface area contributed by atoms with Gasteiger partial charge in [-0.2, -0.15) is 0 Å². The highest BCUT2D eigenvalue weighted by Gasteiger charge is 2.32. The average Bonchev–Trinajstić information content (AvgIpc) is 3.76. The van der Waals surface area contributed by atoms with Gasteiger partial charge in [0.25, 0.3) is 0 Å². The molecule has 2 heterocycles. The SMILES string of the molecule is CCCCCCCCC(Cc1cc(-n2nc3ccc(Cl)cc3n2)c(O)c(C(C)(C)C)c1)C(=O)Oc1c(-n2nc3ccccc3n2)cc(C(C)(C)C)cc1C(C)(C)C. The number of fused-ring (bicyclic) bond motifs is 2. The molecule has 57 heavy (non-hydrogen) atoms. The molecule has 6 rings (SSSR count). The second kappa shape index (κ2) is 16.6.